The second-order valence-corrected chi connectivity index (χ2v) is 11.3. The summed E-state index contributed by atoms with van der Waals surface area (Å²) >= 11 is 0. The van der Waals surface area contributed by atoms with Crippen molar-refractivity contribution in [3.63, 3.8) is 0 Å². The van der Waals surface area contributed by atoms with Crippen LogP contribution in [-0.4, -0.2) is 39.3 Å². The minimum atomic E-state index is -1.54. The van der Waals surface area contributed by atoms with Crippen molar-refractivity contribution < 1.29 is 19.7 Å². The maximum absolute atomic E-state index is 14.0. The number of aliphatic hydroxyl groups is 3. The molecule has 0 spiro atoms. The lowest BCUT2D eigenvalue weighted by atomic mass is 9.60. The van der Waals surface area contributed by atoms with Gasteiger partial charge in [-0.2, -0.15) is 0 Å². The van der Waals surface area contributed by atoms with Gasteiger partial charge in [0.2, 0.25) is 0 Å². The highest BCUT2D eigenvalue weighted by atomic mass is 19.1. The van der Waals surface area contributed by atoms with Gasteiger partial charge in [-0.15, -0.1) is 0 Å². The van der Waals surface area contributed by atoms with Crippen molar-refractivity contribution in [2.24, 2.45) is 23.2 Å². The maximum atomic E-state index is 14.0. The van der Waals surface area contributed by atoms with E-state index in [1.807, 2.05) is 0 Å². The molecule has 0 aliphatic heterocycles. The molecule has 0 aromatic heterocycles. The van der Waals surface area contributed by atoms with Gasteiger partial charge >= 0.3 is 0 Å². The van der Waals surface area contributed by atoms with E-state index in [0.717, 1.165) is 24.0 Å². The van der Waals surface area contributed by atoms with Crippen LogP contribution in [0.25, 0.3) is 0 Å². The first-order valence-corrected chi connectivity index (χ1v) is 12.3. The van der Waals surface area contributed by atoms with E-state index < -0.39 is 24.0 Å². The lowest BCUT2D eigenvalue weighted by molar-refractivity contribution is 0.00301. The van der Waals surface area contributed by atoms with Crippen LogP contribution in [0.4, 0.5) is 4.39 Å². The molecule has 3 nitrogen and oxygen atoms in total. The number of rotatable bonds is 6. The molecule has 3 saturated carbocycles. The highest BCUT2D eigenvalue weighted by molar-refractivity contribution is 5.38. The molecule has 176 valence electrons. The summed E-state index contributed by atoms with van der Waals surface area (Å²) in [5.41, 5.74) is 1.91. The van der Waals surface area contributed by atoms with Gasteiger partial charge in [-0.1, -0.05) is 38.2 Å². The molecule has 3 fully saturated rings. The Morgan fingerprint density at radius 3 is 2.61 bits per heavy atom. The van der Waals surface area contributed by atoms with Crippen LogP contribution >= 0.6 is 0 Å². The Balaban J connectivity index is 1.71. The Morgan fingerprint density at radius 2 is 1.94 bits per heavy atom. The van der Waals surface area contributed by atoms with E-state index in [1.165, 1.54) is 45.1 Å². The predicted molar refractivity (Wildman–Crippen MR) is 124 cm³/mol. The van der Waals surface area contributed by atoms with Crippen LogP contribution in [0.1, 0.15) is 85.5 Å². The zero-order valence-electron chi connectivity index (χ0n) is 19.9. The molecule has 4 heteroatoms. The van der Waals surface area contributed by atoms with E-state index in [0.29, 0.717) is 37.0 Å². The summed E-state index contributed by atoms with van der Waals surface area (Å²) in [6.45, 7) is 11.7. The Kier molecular flexibility index (Phi) is 7.55. The molecule has 3 N–H and O–H groups in total. The fourth-order valence-corrected chi connectivity index (χ4v) is 6.64. The number of hydrogen-bond acceptors (Lipinski definition) is 3. The van der Waals surface area contributed by atoms with E-state index in [-0.39, 0.29) is 5.41 Å². The molecule has 0 saturated heterocycles. The molecule has 0 amide bonds. The first-order chi connectivity index (χ1) is 14.4. The average Bonchev–Trinajstić information content (AvgIpc) is 3.04. The lowest BCUT2D eigenvalue weighted by Gasteiger charge is -2.44. The van der Waals surface area contributed by atoms with Crippen molar-refractivity contribution in [2.45, 2.75) is 109 Å². The summed E-state index contributed by atoms with van der Waals surface area (Å²) in [4.78, 5) is 0. The second-order valence-electron chi connectivity index (χ2n) is 11.3. The molecule has 0 heterocycles. The molecule has 0 radical (unpaired) electrons. The number of allylic oxidation sites excluding steroid dienone is 3. The molecule has 0 aromatic carbocycles. The summed E-state index contributed by atoms with van der Waals surface area (Å²) in [6, 6.07) is 0. The first-order valence-electron chi connectivity index (χ1n) is 12.3. The van der Waals surface area contributed by atoms with Gasteiger partial charge in [0, 0.05) is 6.42 Å². The third-order valence-electron chi connectivity index (χ3n) is 8.68. The van der Waals surface area contributed by atoms with Gasteiger partial charge in [0.05, 0.1) is 18.3 Å². The number of halogens is 1. The van der Waals surface area contributed by atoms with Gasteiger partial charge in [0.15, 0.2) is 0 Å². The fraction of sp³-hybridized carbons (Fsp3) is 0.778. The summed E-state index contributed by atoms with van der Waals surface area (Å²) < 4.78 is 14.0. The molecule has 0 bridgehead atoms. The zero-order valence-corrected chi connectivity index (χ0v) is 19.9. The molecule has 7 atom stereocenters. The quantitative estimate of drug-likeness (QED) is 0.506. The smallest absolute Gasteiger partial charge is 0.131 e. The molecular weight excluding hydrogens is 391 g/mol. The van der Waals surface area contributed by atoms with Crippen molar-refractivity contribution in [2.75, 3.05) is 0 Å². The van der Waals surface area contributed by atoms with Gasteiger partial charge < -0.3 is 15.3 Å². The van der Waals surface area contributed by atoms with Crippen LogP contribution in [-0.2, 0) is 0 Å². The van der Waals surface area contributed by atoms with E-state index in [2.05, 4.69) is 32.6 Å². The van der Waals surface area contributed by atoms with Gasteiger partial charge in [-0.05, 0) is 99.5 Å². The summed E-state index contributed by atoms with van der Waals surface area (Å²) in [5, 5.41) is 30.3. The Bertz CT molecular complexity index is 718. The van der Waals surface area contributed by atoms with Gasteiger partial charge in [0.1, 0.15) is 5.67 Å². The van der Waals surface area contributed by atoms with Crippen LogP contribution in [0.3, 0.4) is 0 Å². The normalized spacial score (nSPS) is 39.0. The molecule has 3 aliphatic carbocycles. The van der Waals surface area contributed by atoms with Crippen molar-refractivity contribution in [1.82, 2.24) is 0 Å². The standard InChI is InChI=1S/C27H43FO3/c1-17(8-13-25(31)26(3,4)28)22-11-12-23-19(7-6-14-27(22,23)5)9-10-20-15-21(29)16-24(30)18(20)2/h9-10,17,21-25,29-31H,2,6-8,11-16H2,1,3-5H3/b19-9+,20-10+/t17-,21-,22-,23+,24+,25-,27-/m1/s1. The fourth-order valence-electron chi connectivity index (χ4n) is 6.64. The van der Waals surface area contributed by atoms with Crippen LogP contribution in [0.15, 0.2) is 35.5 Å². The minimum absolute atomic E-state index is 0.251. The topological polar surface area (TPSA) is 60.7 Å². The zero-order chi connectivity index (χ0) is 23.0. The van der Waals surface area contributed by atoms with E-state index in [1.54, 1.807) is 0 Å². The highest BCUT2D eigenvalue weighted by Gasteiger charge is 2.50. The SMILES string of the molecule is C=C1/C(=C/C=C2\CCC[C@]3(C)[C@@H]([C@H](C)CC[C@@H](O)C(C)(C)F)CC[C@@H]23)C[C@@H](O)C[C@@H]1O. The molecule has 3 rings (SSSR count). The lowest BCUT2D eigenvalue weighted by Crippen LogP contribution is -2.37. The Hall–Kier alpha value is -0.970. The average molecular weight is 435 g/mol. The van der Waals surface area contributed by atoms with Crippen LogP contribution in [0, 0.1) is 23.2 Å². The number of aliphatic hydroxyl groups excluding tert-OH is 3. The predicted octanol–water partition coefficient (Wildman–Crippen LogP) is 5.65. The summed E-state index contributed by atoms with van der Waals surface area (Å²) in [7, 11) is 0. The summed E-state index contributed by atoms with van der Waals surface area (Å²) in [5.74, 6) is 1.62. The maximum Gasteiger partial charge on any atom is 0.131 e. The second kappa shape index (κ2) is 9.49. The van der Waals surface area contributed by atoms with Gasteiger partial charge in [-0.25, -0.2) is 4.39 Å². The van der Waals surface area contributed by atoms with E-state index in [9.17, 15) is 19.7 Å². The molecule has 0 aromatic rings. The largest absolute Gasteiger partial charge is 0.393 e. The molecule has 3 aliphatic rings. The van der Waals surface area contributed by atoms with E-state index in [4.69, 9.17) is 0 Å². The van der Waals surface area contributed by atoms with Crippen molar-refractivity contribution in [3.8, 4) is 0 Å². The minimum Gasteiger partial charge on any atom is -0.393 e. The monoisotopic (exact) mass is 434 g/mol. The van der Waals surface area contributed by atoms with Crippen molar-refractivity contribution in [3.05, 3.63) is 35.5 Å². The van der Waals surface area contributed by atoms with Gasteiger partial charge in [0.25, 0.3) is 0 Å². The van der Waals surface area contributed by atoms with Gasteiger partial charge in [-0.3, -0.25) is 0 Å². The van der Waals surface area contributed by atoms with Crippen molar-refractivity contribution in [1.29, 1.82) is 0 Å². The third kappa shape index (κ3) is 5.34. The Labute approximate surface area is 188 Å². The molecular formula is C27H43FO3. The van der Waals surface area contributed by atoms with E-state index >= 15 is 0 Å². The van der Waals surface area contributed by atoms with Crippen LogP contribution < -0.4 is 0 Å². The summed E-state index contributed by atoms with van der Waals surface area (Å²) in [6.07, 6.45) is 10.5. The van der Waals surface area contributed by atoms with Crippen LogP contribution in [0.2, 0.25) is 0 Å². The number of hydrogen-bond donors (Lipinski definition) is 3. The Morgan fingerprint density at radius 1 is 1.23 bits per heavy atom. The first kappa shape index (κ1) is 24.7. The molecule has 31 heavy (non-hydrogen) atoms. The number of alkyl halides is 1. The number of fused-ring (bicyclic) bond motifs is 1. The van der Waals surface area contributed by atoms with Crippen LogP contribution in [0.5, 0.6) is 0 Å². The highest BCUT2D eigenvalue weighted by Crippen LogP contribution is 2.60. The third-order valence-corrected chi connectivity index (χ3v) is 8.68. The van der Waals surface area contributed by atoms with Crippen molar-refractivity contribution >= 4 is 0 Å². The molecule has 0 unspecified atom stereocenters.